The Morgan fingerprint density at radius 1 is 0.757 bits per heavy atom. The van der Waals surface area contributed by atoms with Gasteiger partial charge in [-0.1, -0.05) is 6.08 Å². The average Bonchev–Trinajstić information content (AvgIpc) is 3.69. The molecule has 0 spiro atoms. The van der Waals surface area contributed by atoms with Crippen molar-refractivity contribution < 1.29 is 8.83 Å². The average molecular weight is 478 g/mol. The molecule has 0 aliphatic heterocycles. The number of aromatic nitrogens is 1. The van der Waals surface area contributed by atoms with Crippen LogP contribution in [0.15, 0.2) is 93.0 Å². The Balaban J connectivity index is 1.79. The maximum absolute atomic E-state index is 9.20. The fourth-order valence-corrected chi connectivity index (χ4v) is 3.49. The van der Waals surface area contributed by atoms with Crippen molar-refractivity contribution in [2.24, 2.45) is 0 Å². The van der Waals surface area contributed by atoms with Gasteiger partial charge in [0.2, 0.25) is 0 Å². The highest BCUT2D eigenvalue weighted by Gasteiger charge is 2.18. The summed E-state index contributed by atoms with van der Waals surface area (Å²) in [6, 6.07) is 23.5. The third kappa shape index (κ3) is 5.13. The molecule has 3 aromatic heterocycles. The van der Waals surface area contributed by atoms with E-state index in [2.05, 4.69) is 15.8 Å². The minimum Gasteiger partial charge on any atom is -0.456 e. The van der Waals surface area contributed by atoms with Crippen LogP contribution in [0.3, 0.4) is 0 Å². The fourth-order valence-electron chi connectivity index (χ4n) is 3.49. The van der Waals surface area contributed by atoms with Crippen molar-refractivity contribution in [3.63, 3.8) is 0 Å². The Hall–Kier alpha value is -6.27. The first-order valence-electron chi connectivity index (χ1n) is 10.7. The van der Waals surface area contributed by atoms with Gasteiger partial charge in [-0.25, -0.2) is 20.2 Å². The maximum Gasteiger partial charge on any atom is 0.265 e. The summed E-state index contributed by atoms with van der Waals surface area (Å²) in [6.07, 6.45) is 6.00. The second-order valence-electron chi connectivity index (χ2n) is 7.39. The topological polar surface area (TPSA) is 111 Å². The van der Waals surface area contributed by atoms with Gasteiger partial charge in [0.05, 0.1) is 48.3 Å². The van der Waals surface area contributed by atoms with Gasteiger partial charge in [-0.2, -0.15) is 5.26 Å². The predicted octanol–water partition coefficient (Wildman–Crippen LogP) is 6.99. The van der Waals surface area contributed by atoms with E-state index in [0.717, 1.165) is 5.69 Å². The molecule has 8 heteroatoms. The molecule has 0 radical (unpaired) electrons. The molecule has 172 valence electrons. The lowest BCUT2D eigenvalue weighted by atomic mass is 10.2. The quantitative estimate of drug-likeness (QED) is 0.168. The van der Waals surface area contributed by atoms with Crippen LogP contribution in [0.1, 0.15) is 17.1 Å². The van der Waals surface area contributed by atoms with Gasteiger partial charge in [0.1, 0.15) is 11.5 Å². The predicted molar refractivity (Wildman–Crippen MR) is 135 cm³/mol. The third-order valence-electron chi connectivity index (χ3n) is 5.16. The number of nitriles is 3. The van der Waals surface area contributed by atoms with Crippen LogP contribution in [0.4, 0.5) is 0 Å². The minimum atomic E-state index is -0.0895. The molecular formula is C29H14N6O2. The first kappa shape index (κ1) is 23.9. The first-order valence-corrected chi connectivity index (χ1v) is 10.7. The minimum absolute atomic E-state index is 0.0340. The van der Waals surface area contributed by atoms with Gasteiger partial charge in [0.25, 0.3) is 11.4 Å². The van der Waals surface area contributed by atoms with E-state index in [-0.39, 0.29) is 11.4 Å². The van der Waals surface area contributed by atoms with Crippen molar-refractivity contribution in [1.29, 1.82) is 15.8 Å². The number of hydrogen-bond acceptors (Lipinski definition) is 5. The zero-order valence-corrected chi connectivity index (χ0v) is 19.1. The molecule has 3 heterocycles. The maximum atomic E-state index is 9.20. The third-order valence-corrected chi connectivity index (χ3v) is 5.16. The molecule has 37 heavy (non-hydrogen) atoms. The molecule has 4 rings (SSSR count). The summed E-state index contributed by atoms with van der Waals surface area (Å²) < 4.78 is 13.8. The number of rotatable bonds is 6. The van der Waals surface area contributed by atoms with Crippen LogP contribution in [0, 0.1) is 47.1 Å². The summed E-state index contributed by atoms with van der Waals surface area (Å²) in [5.41, 5.74) is 2.55. The van der Waals surface area contributed by atoms with Crippen LogP contribution in [0.2, 0.25) is 0 Å². The Bertz CT molecular complexity index is 1740. The normalized spacial score (nSPS) is 11.3. The van der Waals surface area contributed by atoms with E-state index < -0.39 is 0 Å². The molecule has 0 fully saturated rings. The van der Waals surface area contributed by atoms with Crippen molar-refractivity contribution in [2.45, 2.75) is 0 Å². The van der Waals surface area contributed by atoms with Gasteiger partial charge in [-0.3, -0.25) is 0 Å². The molecule has 4 aromatic rings. The molecule has 8 nitrogen and oxygen atoms in total. The number of allylic oxidation sites excluding steroid dienone is 4. The number of hydrogen-bond donors (Lipinski definition) is 0. The van der Waals surface area contributed by atoms with Crippen LogP contribution in [0.25, 0.3) is 50.4 Å². The molecule has 0 atom stereocenters. The molecule has 0 aliphatic carbocycles. The van der Waals surface area contributed by atoms with E-state index in [0.29, 0.717) is 40.0 Å². The molecule has 0 amide bonds. The summed E-state index contributed by atoms with van der Waals surface area (Å²) in [6.45, 7) is 14.0. The van der Waals surface area contributed by atoms with Crippen LogP contribution in [0.5, 0.6) is 0 Å². The molecule has 0 saturated heterocycles. The zero-order chi connectivity index (χ0) is 26.2. The molecule has 0 bridgehead atoms. The molecule has 1 aromatic carbocycles. The van der Waals surface area contributed by atoms with E-state index in [1.807, 2.05) is 34.9 Å². The molecule has 0 aliphatic rings. The zero-order valence-electron chi connectivity index (χ0n) is 19.1. The summed E-state index contributed by atoms with van der Waals surface area (Å²) in [5.74, 6) is 1.95. The molecule has 0 N–H and O–H groups in total. The number of furan rings is 2. The van der Waals surface area contributed by atoms with Crippen molar-refractivity contribution in [1.82, 2.24) is 4.57 Å². The summed E-state index contributed by atoms with van der Waals surface area (Å²) in [4.78, 5) is 6.27. The van der Waals surface area contributed by atoms with Gasteiger partial charge in [0, 0.05) is 5.69 Å². The summed E-state index contributed by atoms with van der Waals surface area (Å²) in [5, 5.41) is 27.1. The second-order valence-corrected chi connectivity index (χ2v) is 7.39. The van der Waals surface area contributed by atoms with Crippen molar-refractivity contribution in [3.8, 4) is 46.8 Å². The van der Waals surface area contributed by atoms with Crippen molar-refractivity contribution in [3.05, 3.63) is 124 Å². The number of benzene rings is 1. The van der Waals surface area contributed by atoms with E-state index in [1.54, 1.807) is 54.6 Å². The SMILES string of the molecule is [C-]#[N+]/C(C#N)=C\c1ccc(-c2ccc(-c3ccc(/C=C/C=C(\C#N)[N+]#[C-])o3)n2-c2ccc(C#N)cc2)o1. The summed E-state index contributed by atoms with van der Waals surface area (Å²) in [7, 11) is 0. The Morgan fingerprint density at radius 3 is 1.92 bits per heavy atom. The molecular weight excluding hydrogens is 464 g/mol. The van der Waals surface area contributed by atoms with Gasteiger partial charge < -0.3 is 13.4 Å². The van der Waals surface area contributed by atoms with Gasteiger partial charge in [0.15, 0.2) is 11.5 Å². The number of nitrogens with zero attached hydrogens (tertiary/aromatic N) is 6. The van der Waals surface area contributed by atoms with Gasteiger partial charge >= 0.3 is 0 Å². The largest absolute Gasteiger partial charge is 0.456 e. The van der Waals surface area contributed by atoms with E-state index in [4.69, 9.17) is 32.5 Å². The van der Waals surface area contributed by atoms with Gasteiger partial charge in [-0.15, -0.1) is 0 Å². The smallest absolute Gasteiger partial charge is 0.265 e. The van der Waals surface area contributed by atoms with Crippen LogP contribution < -0.4 is 0 Å². The van der Waals surface area contributed by atoms with Crippen molar-refractivity contribution >= 4 is 12.2 Å². The van der Waals surface area contributed by atoms with Gasteiger partial charge in [-0.05, 0) is 78.9 Å². The van der Waals surface area contributed by atoms with E-state index >= 15 is 0 Å². The van der Waals surface area contributed by atoms with Crippen LogP contribution >= 0.6 is 0 Å². The summed E-state index contributed by atoms with van der Waals surface area (Å²) >= 11 is 0. The lowest BCUT2D eigenvalue weighted by molar-refractivity contribution is 0.563. The molecule has 0 unspecified atom stereocenters. The first-order chi connectivity index (χ1) is 18.1. The van der Waals surface area contributed by atoms with Crippen LogP contribution in [-0.4, -0.2) is 4.57 Å². The standard InChI is InChI=1S/C29H14N6O2/c1-33-21(18-31)4-3-5-24-10-14-28(36-24)26-12-13-27(35(26)23-8-6-20(17-30)7-9-23)29-15-11-25(37-29)16-22(19-32)34-2/h3-16H/b5-3+,21-4+,22-16-. The van der Waals surface area contributed by atoms with Crippen LogP contribution in [-0.2, 0) is 0 Å². The Kier molecular flexibility index (Phi) is 6.95. The van der Waals surface area contributed by atoms with E-state index in [1.165, 1.54) is 12.2 Å². The highest BCUT2D eigenvalue weighted by molar-refractivity contribution is 5.70. The lowest BCUT2D eigenvalue weighted by Gasteiger charge is -2.12. The highest BCUT2D eigenvalue weighted by Crippen LogP contribution is 2.34. The highest BCUT2D eigenvalue weighted by atomic mass is 16.3. The lowest BCUT2D eigenvalue weighted by Crippen LogP contribution is -1.98. The fraction of sp³-hybridized carbons (Fsp3) is 0. The second kappa shape index (κ2) is 10.8. The molecule has 0 saturated carbocycles. The Labute approximate surface area is 212 Å². The Morgan fingerprint density at radius 2 is 1.35 bits per heavy atom. The van der Waals surface area contributed by atoms with E-state index in [9.17, 15) is 5.26 Å². The monoisotopic (exact) mass is 478 g/mol. The van der Waals surface area contributed by atoms with Crippen molar-refractivity contribution in [2.75, 3.05) is 0 Å².